The van der Waals surface area contributed by atoms with Gasteiger partial charge in [0.2, 0.25) is 0 Å². The van der Waals surface area contributed by atoms with Crippen LogP contribution in [0.15, 0.2) is 71.4 Å². The highest BCUT2D eigenvalue weighted by Crippen LogP contribution is 2.24. The lowest BCUT2D eigenvalue weighted by Crippen LogP contribution is -2.34. The van der Waals surface area contributed by atoms with E-state index in [1.165, 1.54) is 6.08 Å². The minimum absolute atomic E-state index is 0.0378. The number of hydrogen-bond donors (Lipinski definition) is 2. The predicted molar refractivity (Wildman–Crippen MR) is 152 cm³/mol. The van der Waals surface area contributed by atoms with Gasteiger partial charge in [-0.2, -0.15) is 0 Å². The molecular weight excluding hydrogens is 480 g/mol. The minimum Gasteiger partial charge on any atom is -0.478 e. The summed E-state index contributed by atoms with van der Waals surface area (Å²) in [6.45, 7) is 15.3. The van der Waals surface area contributed by atoms with Crippen LogP contribution in [0.4, 0.5) is 0 Å². The lowest BCUT2D eigenvalue weighted by atomic mass is 9.83. The smallest absolute Gasteiger partial charge is 0.331 e. The molecule has 0 radical (unpaired) electrons. The summed E-state index contributed by atoms with van der Waals surface area (Å²) in [6, 6.07) is 0. The molecule has 0 saturated heterocycles. The van der Waals surface area contributed by atoms with Crippen LogP contribution in [0.1, 0.15) is 68.2 Å². The van der Waals surface area contributed by atoms with E-state index >= 15 is 0 Å². The molecule has 0 amide bonds. The second kappa shape index (κ2) is 16.1. The zero-order chi connectivity index (χ0) is 29.0. The Morgan fingerprint density at radius 2 is 1.68 bits per heavy atom. The Labute approximate surface area is 228 Å². The van der Waals surface area contributed by atoms with Gasteiger partial charge in [0.15, 0.2) is 0 Å². The first-order valence-corrected chi connectivity index (χ1v) is 13.4. The van der Waals surface area contributed by atoms with Crippen LogP contribution in [-0.2, 0) is 19.1 Å². The van der Waals surface area contributed by atoms with Gasteiger partial charge in [0.25, 0.3) is 0 Å². The summed E-state index contributed by atoms with van der Waals surface area (Å²) in [7, 11) is 0. The summed E-state index contributed by atoms with van der Waals surface area (Å²) >= 11 is 0. The van der Waals surface area contributed by atoms with Crippen LogP contribution < -0.4 is 0 Å². The number of carbonyl (C=O) groups is 3. The Morgan fingerprint density at radius 3 is 2.32 bits per heavy atom. The number of aliphatic hydroxyl groups excluding tert-OH is 1. The summed E-state index contributed by atoms with van der Waals surface area (Å²) in [6.07, 6.45) is 16.8. The number of ether oxygens (including phenoxy) is 1. The predicted octanol–water partition coefficient (Wildman–Crippen LogP) is 6.39. The van der Waals surface area contributed by atoms with Gasteiger partial charge in [-0.1, -0.05) is 87.8 Å². The van der Waals surface area contributed by atoms with Crippen molar-refractivity contribution in [3.05, 3.63) is 71.4 Å². The standard InChI is InChI=1S/C32H46O6/c1-20(16-22(3)12-14-28-24(5)13-15-30(35)38-28)10-9-11-21(2)17-25(6)31(36)27(8)32(37)26(7)18-23(4)19-29(33)34/h9,11-17,19-20,24-28,32,37H,10,18H2,1-8H3,(H,33,34)/b11-9+,14-12+,21-17+,22-16-,23-19+/t20-,24-,25+,26-,27+,28-,32-/m1/s1. The van der Waals surface area contributed by atoms with E-state index in [0.29, 0.717) is 17.9 Å². The second-order valence-electron chi connectivity index (χ2n) is 10.9. The maximum absolute atomic E-state index is 12.9. The van der Waals surface area contributed by atoms with Crippen molar-refractivity contribution in [2.75, 3.05) is 0 Å². The molecule has 1 aliphatic heterocycles. The van der Waals surface area contributed by atoms with Crippen molar-refractivity contribution in [1.82, 2.24) is 0 Å². The van der Waals surface area contributed by atoms with Crippen molar-refractivity contribution in [1.29, 1.82) is 0 Å². The number of aliphatic hydroxyl groups is 1. The van der Waals surface area contributed by atoms with E-state index in [0.717, 1.165) is 23.6 Å². The van der Waals surface area contributed by atoms with E-state index in [1.54, 1.807) is 13.8 Å². The molecule has 2 N–H and O–H groups in total. The van der Waals surface area contributed by atoms with Crippen LogP contribution in [0.3, 0.4) is 0 Å². The van der Waals surface area contributed by atoms with Crippen molar-refractivity contribution < 1.29 is 29.3 Å². The number of aliphatic carboxylic acids is 1. The Balaban J connectivity index is 2.63. The van der Waals surface area contributed by atoms with Crippen molar-refractivity contribution in [3.8, 4) is 0 Å². The lowest BCUT2D eigenvalue weighted by Gasteiger charge is -2.25. The van der Waals surface area contributed by atoms with E-state index in [4.69, 9.17) is 9.84 Å². The molecule has 7 atom stereocenters. The molecule has 0 aromatic heterocycles. The normalized spacial score (nSPS) is 23.3. The number of hydrogen-bond acceptors (Lipinski definition) is 5. The maximum atomic E-state index is 12.9. The van der Waals surface area contributed by atoms with E-state index < -0.39 is 18.0 Å². The summed E-state index contributed by atoms with van der Waals surface area (Å²) < 4.78 is 5.34. The molecule has 0 fully saturated rings. The van der Waals surface area contributed by atoms with Gasteiger partial charge in [-0.15, -0.1) is 0 Å². The fourth-order valence-electron chi connectivity index (χ4n) is 4.63. The van der Waals surface area contributed by atoms with Crippen LogP contribution in [0.2, 0.25) is 0 Å². The minimum atomic E-state index is -1.01. The molecular formula is C32H46O6. The molecule has 0 aromatic rings. The van der Waals surface area contributed by atoms with Crippen molar-refractivity contribution in [2.45, 2.75) is 80.4 Å². The Bertz CT molecular complexity index is 1010. The molecule has 0 bridgehead atoms. The summed E-state index contributed by atoms with van der Waals surface area (Å²) in [4.78, 5) is 35.2. The molecule has 210 valence electrons. The van der Waals surface area contributed by atoms with Crippen molar-refractivity contribution in [2.24, 2.45) is 29.6 Å². The first-order chi connectivity index (χ1) is 17.7. The van der Waals surface area contributed by atoms with E-state index in [1.807, 2.05) is 65.0 Å². The van der Waals surface area contributed by atoms with Crippen LogP contribution in [0.5, 0.6) is 0 Å². The number of cyclic esters (lactones) is 1. The highest BCUT2D eigenvalue weighted by Gasteiger charge is 2.29. The fraction of sp³-hybridized carbons (Fsp3) is 0.531. The van der Waals surface area contributed by atoms with Crippen molar-refractivity contribution in [3.63, 3.8) is 0 Å². The molecule has 1 heterocycles. The number of carbonyl (C=O) groups excluding carboxylic acids is 2. The molecule has 6 heteroatoms. The van der Waals surface area contributed by atoms with Gasteiger partial charge in [-0.25, -0.2) is 9.59 Å². The average Bonchev–Trinajstić information content (AvgIpc) is 2.82. The zero-order valence-corrected chi connectivity index (χ0v) is 24.2. The fourth-order valence-corrected chi connectivity index (χ4v) is 4.63. The Morgan fingerprint density at radius 1 is 1.05 bits per heavy atom. The van der Waals surface area contributed by atoms with Crippen LogP contribution >= 0.6 is 0 Å². The van der Waals surface area contributed by atoms with Crippen molar-refractivity contribution >= 4 is 17.7 Å². The van der Waals surface area contributed by atoms with E-state index in [9.17, 15) is 19.5 Å². The number of ketones is 1. The van der Waals surface area contributed by atoms with Gasteiger partial charge >= 0.3 is 11.9 Å². The topological polar surface area (TPSA) is 101 Å². The molecule has 0 spiro atoms. The largest absolute Gasteiger partial charge is 0.478 e. The SMILES string of the molecule is CC(=C/[C@H](C)C/C=C/C(C)=C/[C@H](C)C(=O)[C@H](C)[C@H](O)[C@H](C)C/C(C)=C/C(=O)O)/C=C/[C@H]1OC(=O)C=C[C@H]1C. The number of allylic oxidation sites excluding steroid dienone is 8. The third-order valence-electron chi connectivity index (χ3n) is 6.81. The monoisotopic (exact) mass is 526 g/mol. The Hall–Kier alpha value is -2.99. The van der Waals surface area contributed by atoms with Gasteiger partial charge in [0.05, 0.1) is 6.10 Å². The molecule has 6 nitrogen and oxygen atoms in total. The maximum Gasteiger partial charge on any atom is 0.331 e. The summed E-state index contributed by atoms with van der Waals surface area (Å²) in [5.74, 6) is -2.02. The average molecular weight is 527 g/mol. The number of rotatable bonds is 14. The quantitative estimate of drug-likeness (QED) is 0.154. The van der Waals surface area contributed by atoms with Gasteiger partial charge in [0.1, 0.15) is 11.9 Å². The zero-order valence-electron chi connectivity index (χ0n) is 24.2. The third kappa shape index (κ3) is 12.0. The first-order valence-electron chi connectivity index (χ1n) is 13.4. The number of Topliss-reactive ketones (excluding diaryl/α,β-unsaturated/α-hetero) is 1. The molecule has 0 aliphatic carbocycles. The lowest BCUT2D eigenvalue weighted by molar-refractivity contribution is -0.143. The number of esters is 1. The highest BCUT2D eigenvalue weighted by atomic mass is 16.5. The first kappa shape index (κ1) is 33.0. The number of carboxylic acids is 1. The van der Waals surface area contributed by atoms with Gasteiger partial charge in [-0.3, -0.25) is 4.79 Å². The molecule has 0 saturated carbocycles. The molecule has 0 aromatic carbocycles. The van der Waals surface area contributed by atoms with Crippen LogP contribution in [-0.4, -0.2) is 40.1 Å². The number of carboxylic acid groups (broad SMARTS) is 1. The molecule has 0 unspecified atom stereocenters. The molecule has 38 heavy (non-hydrogen) atoms. The van der Waals surface area contributed by atoms with Gasteiger partial charge in [0, 0.05) is 29.9 Å². The van der Waals surface area contributed by atoms with Gasteiger partial charge in [-0.05, 0) is 51.5 Å². The van der Waals surface area contributed by atoms with E-state index in [2.05, 4.69) is 19.1 Å². The Kier molecular flexibility index (Phi) is 14.0. The summed E-state index contributed by atoms with van der Waals surface area (Å²) in [5.41, 5.74) is 2.75. The molecule has 1 aliphatic rings. The van der Waals surface area contributed by atoms with E-state index in [-0.39, 0.29) is 35.6 Å². The third-order valence-corrected chi connectivity index (χ3v) is 6.81. The summed E-state index contributed by atoms with van der Waals surface area (Å²) in [5, 5.41) is 19.5. The van der Waals surface area contributed by atoms with Crippen LogP contribution in [0, 0.1) is 29.6 Å². The molecule has 1 rings (SSSR count). The van der Waals surface area contributed by atoms with Gasteiger partial charge < -0.3 is 14.9 Å². The van der Waals surface area contributed by atoms with Crippen LogP contribution in [0.25, 0.3) is 0 Å². The second-order valence-corrected chi connectivity index (χ2v) is 10.9. The highest BCUT2D eigenvalue weighted by molar-refractivity contribution is 5.85.